The maximum Gasteiger partial charge on any atom is 0.225 e. The molecule has 0 saturated heterocycles. The van der Waals surface area contributed by atoms with Gasteiger partial charge in [0.25, 0.3) is 0 Å². The van der Waals surface area contributed by atoms with E-state index in [4.69, 9.17) is 0 Å². The van der Waals surface area contributed by atoms with Crippen molar-refractivity contribution in [2.24, 2.45) is 0 Å². The molecule has 114 valence electrons. The Morgan fingerprint density at radius 3 is 2.50 bits per heavy atom. The molecule has 0 spiro atoms. The summed E-state index contributed by atoms with van der Waals surface area (Å²) in [6.07, 6.45) is 1.95. The second-order valence-corrected chi connectivity index (χ2v) is 5.46. The summed E-state index contributed by atoms with van der Waals surface area (Å²) in [6, 6.07) is 0.397. The van der Waals surface area contributed by atoms with Crippen LogP contribution in [0.4, 0.5) is 5.95 Å². The van der Waals surface area contributed by atoms with E-state index in [-0.39, 0.29) is 0 Å². The van der Waals surface area contributed by atoms with Gasteiger partial charge in [0.15, 0.2) is 0 Å². The lowest BCUT2D eigenvalue weighted by Crippen LogP contribution is -2.41. The lowest BCUT2D eigenvalue weighted by atomic mass is 10.2. The van der Waals surface area contributed by atoms with Gasteiger partial charge >= 0.3 is 0 Å². The Morgan fingerprint density at radius 1 is 1.30 bits per heavy atom. The summed E-state index contributed by atoms with van der Waals surface area (Å²) in [5.41, 5.74) is 2.23. The smallest absolute Gasteiger partial charge is 0.225 e. The van der Waals surface area contributed by atoms with Crippen molar-refractivity contribution >= 4 is 5.95 Å². The van der Waals surface area contributed by atoms with Crippen LogP contribution >= 0.6 is 0 Å². The largest absolute Gasteiger partial charge is 0.337 e. The molecule has 1 atom stereocenters. The van der Waals surface area contributed by atoms with Gasteiger partial charge in [-0.1, -0.05) is 6.92 Å². The molecule has 1 aromatic rings. The van der Waals surface area contributed by atoms with E-state index in [2.05, 4.69) is 66.9 Å². The third-order valence-corrected chi connectivity index (χ3v) is 3.39. The topological polar surface area (TPSA) is 44.3 Å². The molecule has 1 heterocycles. The lowest BCUT2D eigenvalue weighted by Gasteiger charge is -2.30. The van der Waals surface area contributed by atoms with E-state index < -0.39 is 0 Å². The Labute approximate surface area is 123 Å². The van der Waals surface area contributed by atoms with Crippen LogP contribution < -0.4 is 10.2 Å². The summed E-state index contributed by atoms with van der Waals surface area (Å²) < 4.78 is 0. The van der Waals surface area contributed by atoms with Crippen LogP contribution in [0.2, 0.25) is 0 Å². The summed E-state index contributed by atoms with van der Waals surface area (Å²) in [5, 5.41) is 3.32. The third-order valence-electron chi connectivity index (χ3n) is 3.39. The van der Waals surface area contributed by atoms with E-state index in [1.165, 1.54) is 5.56 Å². The summed E-state index contributed by atoms with van der Waals surface area (Å²) >= 11 is 0. The van der Waals surface area contributed by atoms with Gasteiger partial charge in [0.1, 0.15) is 0 Å². The number of likely N-dealkylation sites (N-methyl/N-ethyl adjacent to an activating group) is 2. The molecule has 0 radical (unpaired) electrons. The van der Waals surface area contributed by atoms with Crippen LogP contribution in [0.1, 0.15) is 32.0 Å². The van der Waals surface area contributed by atoms with Gasteiger partial charge in [-0.05, 0) is 41.4 Å². The Morgan fingerprint density at radius 2 is 2.00 bits per heavy atom. The first kappa shape index (κ1) is 16.9. The predicted octanol–water partition coefficient (Wildman–Crippen LogP) is 1.67. The highest BCUT2D eigenvalue weighted by molar-refractivity contribution is 5.34. The summed E-state index contributed by atoms with van der Waals surface area (Å²) in [4.78, 5) is 13.7. The zero-order valence-corrected chi connectivity index (χ0v) is 13.8. The number of nitrogens with zero attached hydrogens (tertiary/aromatic N) is 4. The summed E-state index contributed by atoms with van der Waals surface area (Å²) in [5.74, 6) is 0.833. The molecule has 0 aromatic carbocycles. The fraction of sp³-hybridized carbons (Fsp3) is 0.733. The number of rotatable bonds is 8. The molecule has 0 fully saturated rings. The second-order valence-electron chi connectivity index (χ2n) is 5.46. The molecule has 1 N–H and O–H groups in total. The average molecular weight is 279 g/mol. The SMILES string of the molecule is CCNCc1cnc(N(CC)C(C)CN(C)C)nc1C. The summed E-state index contributed by atoms with van der Waals surface area (Å²) in [6.45, 7) is 12.2. The molecule has 0 aliphatic heterocycles. The maximum atomic E-state index is 4.68. The highest BCUT2D eigenvalue weighted by atomic mass is 15.3. The zero-order valence-electron chi connectivity index (χ0n) is 13.8. The van der Waals surface area contributed by atoms with Crippen LogP contribution in [0.5, 0.6) is 0 Å². The molecule has 1 rings (SSSR count). The van der Waals surface area contributed by atoms with Crippen molar-refractivity contribution in [1.82, 2.24) is 20.2 Å². The van der Waals surface area contributed by atoms with Crippen molar-refractivity contribution in [3.63, 3.8) is 0 Å². The molecule has 1 unspecified atom stereocenters. The van der Waals surface area contributed by atoms with E-state index in [0.717, 1.165) is 37.8 Å². The zero-order chi connectivity index (χ0) is 15.1. The van der Waals surface area contributed by atoms with Crippen LogP contribution in [0.15, 0.2) is 6.20 Å². The average Bonchev–Trinajstić information content (AvgIpc) is 2.37. The fourth-order valence-electron chi connectivity index (χ4n) is 2.33. The minimum atomic E-state index is 0.397. The van der Waals surface area contributed by atoms with Gasteiger partial charge < -0.3 is 15.1 Å². The van der Waals surface area contributed by atoms with Crippen molar-refractivity contribution in [3.05, 3.63) is 17.5 Å². The molecule has 0 aliphatic carbocycles. The first-order valence-electron chi connectivity index (χ1n) is 7.44. The molecule has 0 amide bonds. The molecular formula is C15H29N5. The van der Waals surface area contributed by atoms with Crippen molar-refractivity contribution in [2.75, 3.05) is 38.6 Å². The van der Waals surface area contributed by atoms with E-state index in [1.807, 2.05) is 6.20 Å². The van der Waals surface area contributed by atoms with Crippen LogP contribution in [0.3, 0.4) is 0 Å². The summed E-state index contributed by atoms with van der Waals surface area (Å²) in [7, 11) is 4.19. The minimum Gasteiger partial charge on any atom is -0.337 e. The predicted molar refractivity (Wildman–Crippen MR) is 85.2 cm³/mol. The van der Waals surface area contributed by atoms with Crippen molar-refractivity contribution < 1.29 is 0 Å². The van der Waals surface area contributed by atoms with Gasteiger partial charge in [0, 0.05) is 43.1 Å². The molecular weight excluding hydrogens is 250 g/mol. The van der Waals surface area contributed by atoms with Crippen LogP contribution in [-0.2, 0) is 6.54 Å². The first-order chi connectivity index (χ1) is 9.49. The van der Waals surface area contributed by atoms with Gasteiger partial charge in [-0.3, -0.25) is 0 Å². The van der Waals surface area contributed by atoms with Crippen LogP contribution in [-0.4, -0.2) is 54.6 Å². The van der Waals surface area contributed by atoms with Crippen molar-refractivity contribution in [3.8, 4) is 0 Å². The Bertz CT molecular complexity index is 405. The van der Waals surface area contributed by atoms with Gasteiger partial charge in [-0.15, -0.1) is 0 Å². The monoisotopic (exact) mass is 279 g/mol. The first-order valence-corrected chi connectivity index (χ1v) is 7.44. The number of aryl methyl sites for hydroxylation is 1. The van der Waals surface area contributed by atoms with Crippen molar-refractivity contribution in [1.29, 1.82) is 0 Å². The van der Waals surface area contributed by atoms with Gasteiger partial charge in [-0.2, -0.15) is 0 Å². The fourth-order valence-corrected chi connectivity index (χ4v) is 2.33. The van der Waals surface area contributed by atoms with E-state index in [9.17, 15) is 0 Å². The normalized spacial score (nSPS) is 12.8. The number of hydrogen-bond donors (Lipinski definition) is 1. The van der Waals surface area contributed by atoms with Gasteiger partial charge in [-0.25, -0.2) is 9.97 Å². The number of anilines is 1. The van der Waals surface area contributed by atoms with Crippen LogP contribution in [0, 0.1) is 6.92 Å². The second kappa shape index (κ2) is 8.17. The molecule has 0 bridgehead atoms. The molecule has 1 aromatic heterocycles. The highest BCUT2D eigenvalue weighted by Gasteiger charge is 2.16. The lowest BCUT2D eigenvalue weighted by molar-refractivity contribution is 0.371. The molecule has 0 saturated carbocycles. The quantitative estimate of drug-likeness (QED) is 0.784. The Hall–Kier alpha value is -1.20. The van der Waals surface area contributed by atoms with E-state index in [0.29, 0.717) is 6.04 Å². The third kappa shape index (κ3) is 4.72. The Kier molecular flexibility index (Phi) is 6.88. The molecule has 0 aliphatic rings. The van der Waals surface area contributed by atoms with E-state index >= 15 is 0 Å². The molecule has 5 nitrogen and oxygen atoms in total. The number of nitrogens with one attached hydrogen (secondary N) is 1. The highest BCUT2D eigenvalue weighted by Crippen LogP contribution is 2.14. The van der Waals surface area contributed by atoms with Gasteiger partial charge in [0.05, 0.1) is 0 Å². The maximum absolute atomic E-state index is 4.68. The Balaban J connectivity index is 2.85. The standard InChI is InChI=1S/C15H29N5/c1-7-16-9-14-10-17-15(18-13(14)4)20(8-2)12(3)11-19(5)6/h10,12,16H,7-9,11H2,1-6H3. The van der Waals surface area contributed by atoms with Gasteiger partial charge in [0.2, 0.25) is 5.95 Å². The number of aromatic nitrogens is 2. The number of hydrogen-bond acceptors (Lipinski definition) is 5. The molecule has 5 heteroatoms. The molecule has 20 heavy (non-hydrogen) atoms. The minimum absolute atomic E-state index is 0.397. The van der Waals surface area contributed by atoms with Crippen molar-refractivity contribution in [2.45, 2.75) is 40.3 Å². The van der Waals surface area contributed by atoms with Crippen LogP contribution in [0.25, 0.3) is 0 Å². The van der Waals surface area contributed by atoms with E-state index in [1.54, 1.807) is 0 Å².